The van der Waals surface area contributed by atoms with Crippen molar-refractivity contribution in [1.82, 2.24) is 9.55 Å². The third-order valence-electron chi connectivity index (χ3n) is 5.82. The fourth-order valence-electron chi connectivity index (χ4n) is 3.76. The first-order valence-corrected chi connectivity index (χ1v) is 17.4. The monoisotopic (exact) mass is 504 g/mol. The number of unbranched alkanes of at least 4 members (excludes halogenated alkanes) is 2. The molecule has 5 nitrogen and oxygen atoms in total. The smallest absolute Gasteiger partial charge is 0.334 e. The Hall–Kier alpha value is -1.70. The van der Waals surface area contributed by atoms with E-state index in [2.05, 4.69) is 49.5 Å². The van der Waals surface area contributed by atoms with Gasteiger partial charge in [-0.2, -0.15) is 0 Å². The normalized spacial score (nSPS) is 12.6. The van der Waals surface area contributed by atoms with Crippen molar-refractivity contribution in [1.29, 1.82) is 0 Å². The van der Waals surface area contributed by atoms with E-state index in [9.17, 15) is 4.79 Å². The van der Waals surface area contributed by atoms with Crippen LogP contribution in [0, 0.1) is 0 Å². The van der Waals surface area contributed by atoms with Gasteiger partial charge in [-0.1, -0.05) is 52.4 Å². The number of carbonyl (C=O) groups excluding carboxylic acids is 1. The van der Waals surface area contributed by atoms with E-state index >= 15 is 0 Å². The topological polar surface area (TPSA) is 53.3 Å². The molecule has 0 saturated heterocycles. The maximum absolute atomic E-state index is 13.2. The molecular weight excluding hydrogens is 460 g/mol. The summed E-state index contributed by atoms with van der Waals surface area (Å²) >= 11 is 1.68. The molecule has 0 spiro atoms. The van der Waals surface area contributed by atoms with E-state index in [1.54, 1.807) is 11.3 Å². The fraction of sp³-hybridized carbons (Fsp3) is 0.630. The van der Waals surface area contributed by atoms with E-state index in [4.69, 9.17) is 14.5 Å². The molecule has 0 aromatic carbocycles. The van der Waals surface area contributed by atoms with Gasteiger partial charge < -0.3 is 14.0 Å². The van der Waals surface area contributed by atoms with Crippen LogP contribution in [0.25, 0.3) is 5.57 Å². The Morgan fingerprint density at radius 3 is 2.53 bits per heavy atom. The first kappa shape index (κ1) is 28.5. The molecule has 0 bridgehead atoms. The van der Waals surface area contributed by atoms with Gasteiger partial charge >= 0.3 is 5.97 Å². The van der Waals surface area contributed by atoms with Gasteiger partial charge in [-0.25, -0.2) is 9.78 Å². The first-order chi connectivity index (χ1) is 16.3. The average Bonchev–Trinajstić information content (AvgIpc) is 3.44. The van der Waals surface area contributed by atoms with Crippen LogP contribution >= 0.6 is 11.3 Å². The zero-order valence-electron chi connectivity index (χ0n) is 22.1. The van der Waals surface area contributed by atoms with Crippen molar-refractivity contribution in [3.63, 3.8) is 0 Å². The molecule has 0 amide bonds. The van der Waals surface area contributed by atoms with E-state index in [1.807, 2.05) is 19.2 Å². The predicted molar refractivity (Wildman–Crippen MR) is 146 cm³/mol. The van der Waals surface area contributed by atoms with Crippen molar-refractivity contribution in [2.45, 2.75) is 98.1 Å². The van der Waals surface area contributed by atoms with E-state index in [0.29, 0.717) is 19.8 Å². The van der Waals surface area contributed by atoms with Crippen LogP contribution in [0.3, 0.4) is 0 Å². The summed E-state index contributed by atoms with van der Waals surface area (Å²) in [5, 5.41) is 2.06. The standard InChI is InChI=1S/C27H44N2O3SSi/c1-7-10-14-23(24(27(30)32-9-3)19-22-13-12-17-33-22)25-20-28-26(15-11-8-2)29(25)21-31-16-18-34(4,5)6/h12-13,17,20H,7-11,14-16,18-19,21H2,1-6H3/b24-23+. The summed E-state index contributed by atoms with van der Waals surface area (Å²) in [7, 11) is -1.16. The van der Waals surface area contributed by atoms with Crippen molar-refractivity contribution >= 4 is 31.0 Å². The largest absolute Gasteiger partial charge is 0.463 e. The molecule has 190 valence electrons. The lowest BCUT2D eigenvalue weighted by atomic mass is 9.96. The van der Waals surface area contributed by atoms with Crippen molar-refractivity contribution in [2.24, 2.45) is 0 Å². The number of ether oxygens (including phenoxy) is 2. The Morgan fingerprint density at radius 2 is 1.91 bits per heavy atom. The van der Waals surface area contributed by atoms with Gasteiger partial charge in [-0.3, -0.25) is 0 Å². The molecule has 2 aromatic heterocycles. The maximum atomic E-state index is 13.2. The third kappa shape index (κ3) is 9.15. The lowest BCUT2D eigenvalue weighted by Crippen LogP contribution is -2.22. The Labute approximate surface area is 211 Å². The van der Waals surface area contributed by atoms with Gasteiger partial charge in [0.15, 0.2) is 0 Å². The molecule has 0 aliphatic heterocycles. The molecule has 0 N–H and O–H groups in total. The zero-order chi connectivity index (χ0) is 25.0. The highest BCUT2D eigenvalue weighted by Gasteiger charge is 2.23. The van der Waals surface area contributed by atoms with Crippen molar-refractivity contribution in [2.75, 3.05) is 13.2 Å². The molecule has 2 aromatic rings. The number of hydrogen-bond donors (Lipinski definition) is 0. The molecule has 2 heterocycles. The first-order valence-electron chi connectivity index (χ1n) is 12.8. The summed E-state index contributed by atoms with van der Waals surface area (Å²) < 4.78 is 13.9. The minimum absolute atomic E-state index is 0.218. The van der Waals surface area contributed by atoms with Crippen molar-refractivity contribution in [3.05, 3.63) is 45.7 Å². The van der Waals surface area contributed by atoms with E-state index in [-0.39, 0.29) is 5.97 Å². The Morgan fingerprint density at radius 1 is 1.15 bits per heavy atom. The summed E-state index contributed by atoms with van der Waals surface area (Å²) in [6.07, 6.45) is 8.53. The molecule has 34 heavy (non-hydrogen) atoms. The van der Waals surface area contributed by atoms with Gasteiger partial charge in [0.1, 0.15) is 12.6 Å². The molecule has 0 aliphatic rings. The highest BCUT2D eigenvalue weighted by atomic mass is 32.1. The molecule has 7 heteroatoms. The number of esters is 1. The third-order valence-corrected chi connectivity index (χ3v) is 8.40. The van der Waals surface area contributed by atoms with Crippen LogP contribution in [0.2, 0.25) is 25.7 Å². The fourth-order valence-corrected chi connectivity index (χ4v) is 5.24. The molecule has 0 unspecified atom stereocenters. The van der Waals surface area contributed by atoms with Crippen LogP contribution in [-0.2, 0) is 33.8 Å². The molecule has 0 radical (unpaired) electrons. The molecule has 0 aliphatic carbocycles. The highest BCUT2D eigenvalue weighted by molar-refractivity contribution is 7.09. The second-order valence-corrected chi connectivity index (χ2v) is 16.6. The quantitative estimate of drug-likeness (QED) is 0.104. The minimum atomic E-state index is -1.16. The van der Waals surface area contributed by atoms with E-state index < -0.39 is 8.07 Å². The van der Waals surface area contributed by atoms with Crippen molar-refractivity contribution < 1.29 is 14.3 Å². The molecule has 0 atom stereocenters. The second kappa shape index (κ2) is 14.6. The van der Waals surface area contributed by atoms with Crippen LogP contribution in [-0.4, -0.2) is 36.8 Å². The van der Waals surface area contributed by atoms with Crippen LogP contribution in [0.5, 0.6) is 0 Å². The number of aromatic nitrogens is 2. The number of nitrogens with zero attached hydrogens (tertiary/aromatic N) is 2. The molecule has 2 rings (SSSR count). The summed E-state index contributed by atoms with van der Waals surface area (Å²) in [6.45, 7) is 15.0. The molecular formula is C27H44N2O3SSi. The lowest BCUT2D eigenvalue weighted by molar-refractivity contribution is -0.138. The lowest BCUT2D eigenvalue weighted by Gasteiger charge is -2.19. The maximum Gasteiger partial charge on any atom is 0.334 e. The van der Waals surface area contributed by atoms with E-state index in [0.717, 1.165) is 73.8 Å². The van der Waals surface area contributed by atoms with Gasteiger partial charge in [0.05, 0.1) is 18.5 Å². The number of hydrogen-bond acceptors (Lipinski definition) is 5. The van der Waals surface area contributed by atoms with Crippen LogP contribution < -0.4 is 0 Å². The SMILES string of the molecule is CCCC/C(=C(/Cc1cccs1)C(=O)OCC)c1cnc(CCCC)n1COCC[Si](C)(C)C. The molecule has 0 fully saturated rings. The average molecular weight is 505 g/mol. The number of rotatable bonds is 16. The van der Waals surface area contributed by atoms with Gasteiger partial charge in [0.2, 0.25) is 0 Å². The number of carbonyl (C=O) groups is 1. The van der Waals surface area contributed by atoms with Crippen LogP contribution in [0.4, 0.5) is 0 Å². The van der Waals surface area contributed by atoms with Gasteiger partial charge in [-0.05, 0) is 49.2 Å². The van der Waals surface area contributed by atoms with Crippen molar-refractivity contribution in [3.8, 4) is 0 Å². The van der Waals surface area contributed by atoms with Gasteiger partial charge in [0, 0.05) is 38.0 Å². The van der Waals surface area contributed by atoms with Gasteiger partial charge in [0.25, 0.3) is 0 Å². The van der Waals surface area contributed by atoms with E-state index in [1.165, 1.54) is 4.88 Å². The van der Waals surface area contributed by atoms with Gasteiger partial charge in [-0.15, -0.1) is 11.3 Å². The summed E-state index contributed by atoms with van der Waals surface area (Å²) in [5.74, 6) is 0.822. The summed E-state index contributed by atoms with van der Waals surface area (Å²) in [5.41, 5.74) is 2.81. The number of thiophene rings is 1. The molecule has 0 saturated carbocycles. The second-order valence-electron chi connectivity index (χ2n) is 9.98. The minimum Gasteiger partial charge on any atom is -0.463 e. The van der Waals surface area contributed by atoms with Crippen LogP contribution in [0.15, 0.2) is 29.3 Å². The summed E-state index contributed by atoms with van der Waals surface area (Å²) in [6, 6.07) is 5.26. The highest BCUT2D eigenvalue weighted by Crippen LogP contribution is 2.30. The zero-order valence-corrected chi connectivity index (χ0v) is 23.9. The Kier molecular flexibility index (Phi) is 12.3. The Bertz CT molecular complexity index is 898. The number of aryl methyl sites for hydroxylation is 1. The Balaban J connectivity index is 2.50. The summed E-state index contributed by atoms with van der Waals surface area (Å²) in [4.78, 5) is 19.1. The predicted octanol–water partition coefficient (Wildman–Crippen LogP) is 7.35. The van der Waals surface area contributed by atoms with Crippen LogP contribution in [0.1, 0.15) is 69.3 Å². The number of allylic oxidation sites excluding steroid dienone is 1. The number of imidazole rings is 1.